The van der Waals surface area contributed by atoms with Crippen LogP contribution in [0.3, 0.4) is 0 Å². The summed E-state index contributed by atoms with van der Waals surface area (Å²) in [6.07, 6.45) is 4.18. The average molecular weight is 860 g/mol. The first kappa shape index (κ1) is 41.5. The third-order valence-electron chi connectivity index (χ3n) is 13.3. The predicted octanol–water partition coefficient (Wildman–Crippen LogP) is 10.7. The molecule has 1 N–H and O–H groups in total. The summed E-state index contributed by atoms with van der Waals surface area (Å²) < 4.78 is 36.2. The molecule has 0 unspecified atom stereocenters. The number of halogens is 1. The second-order valence-electron chi connectivity index (χ2n) is 18.7. The number of fused-ring (bicyclic) bond motifs is 4. The molecule has 328 valence electrons. The van der Waals surface area contributed by atoms with E-state index in [1.54, 1.807) is 14.0 Å². The molecule has 10 nitrogen and oxygen atoms in total. The molecule has 0 spiro atoms. The van der Waals surface area contributed by atoms with Crippen LogP contribution in [-0.2, 0) is 15.0 Å². The van der Waals surface area contributed by atoms with Gasteiger partial charge in [-0.25, -0.2) is 14.2 Å². The summed E-state index contributed by atoms with van der Waals surface area (Å²) in [5.74, 6) is 0.0412. The molecule has 2 bridgehead atoms. The zero-order chi connectivity index (χ0) is 44.5. The number of phenols is 1. The van der Waals surface area contributed by atoms with Crippen LogP contribution in [0.5, 0.6) is 11.6 Å². The number of nitrogens with zero attached hydrogens (tertiary/aromatic N) is 5. The van der Waals surface area contributed by atoms with Crippen molar-refractivity contribution in [2.45, 2.75) is 89.1 Å². The molecule has 2 aromatic heterocycles. The molecule has 2 saturated heterocycles. The van der Waals surface area contributed by atoms with Gasteiger partial charge in [-0.3, -0.25) is 4.68 Å². The molecule has 3 aliphatic rings. The average Bonchev–Trinajstić information content (AvgIpc) is 3.73. The van der Waals surface area contributed by atoms with E-state index < -0.39 is 17.0 Å². The molecule has 0 radical (unpaired) electrons. The van der Waals surface area contributed by atoms with Crippen molar-refractivity contribution >= 4 is 33.6 Å². The fraction of sp³-hybridized carbons (Fsp3) is 0.340. The number of benzene rings is 5. The number of aromatic nitrogens is 3. The van der Waals surface area contributed by atoms with E-state index in [1.165, 1.54) is 6.07 Å². The molecule has 64 heavy (non-hydrogen) atoms. The minimum absolute atomic E-state index is 0.0232. The number of methoxy groups -OCH3 is 1. The Balaban J connectivity index is 1.18. The molecular weight excluding hydrogens is 806 g/mol. The molecule has 3 atom stereocenters. The Labute approximate surface area is 373 Å². The highest BCUT2D eigenvalue weighted by molar-refractivity contribution is 6.06. The van der Waals surface area contributed by atoms with Gasteiger partial charge in [0.05, 0.1) is 23.3 Å². The van der Waals surface area contributed by atoms with Crippen LogP contribution < -0.4 is 9.64 Å². The molecule has 7 aromatic rings. The van der Waals surface area contributed by atoms with Crippen LogP contribution in [-0.4, -0.2) is 81.5 Å². The summed E-state index contributed by atoms with van der Waals surface area (Å²) in [7, 11) is 1.63. The number of phenolic OH excluding ortho intramolecular Hbond substituents is 1. The van der Waals surface area contributed by atoms with E-state index in [0.29, 0.717) is 52.1 Å². The fourth-order valence-corrected chi connectivity index (χ4v) is 10.1. The summed E-state index contributed by atoms with van der Waals surface area (Å²) in [5, 5.41) is 19.7. The second-order valence-corrected chi connectivity index (χ2v) is 18.7. The Hall–Kier alpha value is -6.46. The summed E-state index contributed by atoms with van der Waals surface area (Å²) in [6, 6.07) is 36.4. The van der Waals surface area contributed by atoms with E-state index in [4.69, 9.17) is 24.3 Å². The van der Waals surface area contributed by atoms with Gasteiger partial charge in [-0.05, 0) is 93.7 Å². The van der Waals surface area contributed by atoms with E-state index in [0.717, 1.165) is 52.6 Å². The maximum atomic E-state index is 16.6. The first-order valence-electron chi connectivity index (χ1n) is 22.3. The van der Waals surface area contributed by atoms with Crippen LogP contribution in [0.25, 0.3) is 32.9 Å². The van der Waals surface area contributed by atoms with E-state index in [9.17, 15) is 9.90 Å². The van der Waals surface area contributed by atoms with Crippen LogP contribution in [0.15, 0.2) is 115 Å². The van der Waals surface area contributed by atoms with Gasteiger partial charge in [0.25, 0.3) is 0 Å². The van der Waals surface area contributed by atoms with Gasteiger partial charge in [0.2, 0.25) is 5.88 Å². The Morgan fingerprint density at radius 3 is 2.03 bits per heavy atom. The molecule has 11 heteroatoms. The van der Waals surface area contributed by atoms with E-state index in [1.807, 2.05) is 104 Å². The van der Waals surface area contributed by atoms with Crippen LogP contribution in [0.2, 0.25) is 0 Å². The first-order valence-corrected chi connectivity index (χ1v) is 22.3. The minimum atomic E-state index is -0.939. The Morgan fingerprint density at radius 1 is 0.859 bits per heavy atom. The Bertz CT molecular complexity index is 2780. The summed E-state index contributed by atoms with van der Waals surface area (Å²) in [6.45, 7) is 10.7. The number of carbonyl (C=O) groups is 1. The van der Waals surface area contributed by atoms with Crippen LogP contribution >= 0.6 is 0 Å². The molecule has 10 rings (SSSR count). The third-order valence-corrected chi connectivity index (χ3v) is 13.3. The summed E-state index contributed by atoms with van der Waals surface area (Å²) >= 11 is 0. The molecule has 3 fully saturated rings. The van der Waals surface area contributed by atoms with Gasteiger partial charge in [0, 0.05) is 66.5 Å². The SMILES string of the molecule is CO[C@@H](C)COc1cc(N2C[C@@H]3C[C@H]2CN3C(=O)OC(C)(C)C)c2cc(C3CC3)c(-c3c(C)c(F)cc4nn(C(c5ccccc5)(c5ccccc5)c5ccccc5)cc34)c(O)c2n1. The lowest BCUT2D eigenvalue weighted by Gasteiger charge is -2.37. The number of piperazine rings is 1. The lowest BCUT2D eigenvalue weighted by atomic mass is 9.77. The summed E-state index contributed by atoms with van der Waals surface area (Å²) in [4.78, 5) is 22.5. The first-order chi connectivity index (χ1) is 30.8. The number of rotatable bonds is 11. The van der Waals surface area contributed by atoms with Gasteiger partial charge < -0.3 is 29.1 Å². The van der Waals surface area contributed by atoms with Crippen LogP contribution in [0, 0.1) is 12.7 Å². The second kappa shape index (κ2) is 16.0. The van der Waals surface area contributed by atoms with E-state index in [-0.39, 0.29) is 42.6 Å². The lowest BCUT2D eigenvalue weighted by molar-refractivity contribution is 0.0214. The number of pyridine rings is 1. The Morgan fingerprint density at radius 2 is 1.48 bits per heavy atom. The molecule has 1 saturated carbocycles. The van der Waals surface area contributed by atoms with Crippen molar-refractivity contribution in [3.05, 3.63) is 149 Å². The maximum absolute atomic E-state index is 16.6. The van der Waals surface area contributed by atoms with Crippen molar-refractivity contribution in [2.75, 3.05) is 31.7 Å². The van der Waals surface area contributed by atoms with E-state index >= 15 is 4.39 Å². The molecule has 2 aliphatic heterocycles. The normalized spacial score (nSPS) is 18.0. The highest BCUT2D eigenvalue weighted by atomic mass is 19.1. The summed E-state index contributed by atoms with van der Waals surface area (Å²) in [5.41, 5.74) is 5.62. The predicted molar refractivity (Wildman–Crippen MR) is 248 cm³/mol. The van der Waals surface area contributed by atoms with Gasteiger partial charge >= 0.3 is 6.09 Å². The number of carbonyl (C=O) groups excluding carboxylic acids is 1. The topological polar surface area (TPSA) is 102 Å². The van der Waals surface area contributed by atoms with Gasteiger partial charge in [-0.2, -0.15) is 5.10 Å². The van der Waals surface area contributed by atoms with Crippen molar-refractivity contribution in [1.82, 2.24) is 19.7 Å². The van der Waals surface area contributed by atoms with E-state index in [2.05, 4.69) is 47.4 Å². The number of amides is 1. The number of ether oxygens (including phenoxy) is 3. The van der Waals surface area contributed by atoms with Gasteiger partial charge in [0.15, 0.2) is 0 Å². The number of anilines is 1. The minimum Gasteiger partial charge on any atom is -0.505 e. The van der Waals surface area contributed by atoms with Crippen molar-refractivity contribution in [2.24, 2.45) is 0 Å². The standard InChI is InChI=1S/C53H54FN5O5/c1-32(62-6)31-63-46-27-45(57-28-39-24-38(57)29-58(39)51(61)64-52(3,4)5)41-25-40(34-22-23-34)48(50(60)49(41)55-46)47-33(2)43(54)26-44-42(47)30-59(56-44)53(35-16-10-7-11-17-35,36-18-12-8-13-19-36)37-20-14-9-15-21-37/h7-21,25-27,30,32,34,38-39,60H,22-24,28-29,31H2,1-6H3/t32-,38-,39-/m0/s1. The van der Waals surface area contributed by atoms with Gasteiger partial charge in [-0.1, -0.05) is 91.0 Å². The van der Waals surface area contributed by atoms with Crippen LogP contribution in [0.4, 0.5) is 14.9 Å². The Kier molecular flexibility index (Phi) is 10.4. The molecule has 5 aromatic carbocycles. The molecular formula is C53H54FN5O5. The zero-order valence-corrected chi connectivity index (χ0v) is 37.2. The molecule has 1 aliphatic carbocycles. The monoisotopic (exact) mass is 859 g/mol. The number of aromatic hydroxyl groups is 1. The smallest absolute Gasteiger partial charge is 0.410 e. The van der Waals surface area contributed by atoms with Crippen molar-refractivity contribution in [3.63, 3.8) is 0 Å². The van der Waals surface area contributed by atoms with Crippen LogP contribution in [0.1, 0.15) is 80.7 Å². The lowest BCUT2D eigenvalue weighted by Crippen LogP contribution is -2.50. The molecule has 1 amide bonds. The molecule has 4 heterocycles. The van der Waals surface area contributed by atoms with Crippen molar-refractivity contribution in [1.29, 1.82) is 0 Å². The fourth-order valence-electron chi connectivity index (χ4n) is 10.1. The van der Waals surface area contributed by atoms with Gasteiger partial charge in [-0.15, -0.1) is 0 Å². The zero-order valence-electron chi connectivity index (χ0n) is 37.2. The van der Waals surface area contributed by atoms with Crippen molar-refractivity contribution in [3.8, 4) is 22.8 Å². The van der Waals surface area contributed by atoms with Gasteiger partial charge in [0.1, 0.15) is 34.8 Å². The maximum Gasteiger partial charge on any atom is 0.410 e. The number of likely N-dealkylation sites (tertiary alicyclic amines) is 1. The highest BCUT2D eigenvalue weighted by Crippen LogP contribution is 2.54. The quantitative estimate of drug-likeness (QED) is 0.128. The highest BCUT2D eigenvalue weighted by Gasteiger charge is 2.48. The number of hydrogen-bond donors (Lipinski definition) is 1. The van der Waals surface area contributed by atoms with Crippen molar-refractivity contribution < 1.29 is 28.5 Å². The third kappa shape index (κ3) is 7.10. The number of hydrogen-bond acceptors (Lipinski definition) is 8. The largest absolute Gasteiger partial charge is 0.505 e.